The summed E-state index contributed by atoms with van der Waals surface area (Å²) in [6.45, 7) is 0. The number of ether oxygens (including phenoxy) is 1. The number of hydrogen-bond donors (Lipinski definition) is 0. The Morgan fingerprint density at radius 1 is 1.24 bits per heavy atom. The summed E-state index contributed by atoms with van der Waals surface area (Å²) in [6.07, 6.45) is 2.16. The first-order valence-corrected chi connectivity index (χ1v) is 6.60. The lowest BCUT2D eigenvalue weighted by atomic mass is 9.67. The molecule has 0 unspecified atom stereocenters. The molecule has 0 heterocycles. The van der Waals surface area contributed by atoms with E-state index < -0.39 is 0 Å². The van der Waals surface area contributed by atoms with Crippen LogP contribution in [0.25, 0.3) is 0 Å². The van der Waals surface area contributed by atoms with Gasteiger partial charge in [0.05, 0.1) is 12.7 Å². The lowest BCUT2D eigenvalue weighted by Crippen LogP contribution is -2.28. The quantitative estimate of drug-likeness (QED) is 0.741. The van der Waals surface area contributed by atoms with E-state index in [0.29, 0.717) is 5.92 Å². The number of halogens is 1. The van der Waals surface area contributed by atoms with Gasteiger partial charge in [0.1, 0.15) is 0 Å². The molecule has 3 aliphatic carbocycles. The third-order valence-corrected chi connectivity index (χ3v) is 4.79. The van der Waals surface area contributed by atoms with Crippen LogP contribution in [0, 0.1) is 0 Å². The number of hydrogen-bond acceptors (Lipinski definition) is 2. The molecule has 88 valence electrons. The monoisotopic (exact) mass is 292 g/mol. The highest BCUT2D eigenvalue weighted by molar-refractivity contribution is 9.11. The van der Waals surface area contributed by atoms with Gasteiger partial charge in [-0.2, -0.15) is 0 Å². The molecule has 0 aliphatic heterocycles. The van der Waals surface area contributed by atoms with Crippen molar-refractivity contribution in [1.82, 2.24) is 0 Å². The molecule has 1 aromatic rings. The highest BCUT2D eigenvalue weighted by atomic mass is 79.9. The molecule has 17 heavy (non-hydrogen) atoms. The first-order chi connectivity index (χ1) is 8.24. The molecule has 2 nitrogen and oxygen atoms in total. The molecule has 0 spiro atoms. The first-order valence-electron chi connectivity index (χ1n) is 5.80. The minimum Gasteiger partial charge on any atom is -0.466 e. The fourth-order valence-electron chi connectivity index (χ4n) is 3.06. The van der Waals surface area contributed by atoms with E-state index in [0.717, 1.165) is 22.9 Å². The Balaban J connectivity index is 2.17. The fraction of sp³-hybridized carbons (Fsp3) is 0.357. The second-order valence-corrected chi connectivity index (χ2v) is 5.42. The number of carbonyl (C=O) groups excluding carboxylic acids is 1. The van der Waals surface area contributed by atoms with Crippen LogP contribution in [0.5, 0.6) is 0 Å². The smallest absolute Gasteiger partial charge is 0.335 e. The van der Waals surface area contributed by atoms with Crippen molar-refractivity contribution in [1.29, 1.82) is 0 Å². The minimum absolute atomic E-state index is 0.193. The van der Waals surface area contributed by atoms with Crippen LogP contribution in [0.4, 0.5) is 0 Å². The van der Waals surface area contributed by atoms with E-state index in [1.54, 1.807) is 0 Å². The molecule has 0 saturated carbocycles. The Morgan fingerprint density at radius 2 is 1.82 bits per heavy atom. The molecule has 3 aliphatic rings. The van der Waals surface area contributed by atoms with Crippen molar-refractivity contribution < 1.29 is 9.53 Å². The predicted molar refractivity (Wildman–Crippen MR) is 69.1 cm³/mol. The van der Waals surface area contributed by atoms with Gasteiger partial charge in [-0.05, 0) is 24.0 Å². The molecule has 0 N–H and O–H groups in total. The van der Waals surface area contributed by atoms with Crippen LogP contribution in [-0.2, 0) is 9.53 Å². The Hall–Kier alpha value is -1.09. The van der Waals surface area contributed by atoms with Crippen molar-refractivity contribution in [2.24, 2.45) is 0 Å². The minimum atomic E-state index is -0.193. The Labute approximate surface area is 109 Å². The van der Waals surface area contributed by atoms with E-state index in [1.165, 1.54) is 18.2 Å². The molecule has 0 aromatic heterocycles. The van der Waals surface area contributed by atoms with Crippen molar-refractivity contribution in [2.75, 3.05) is 7.11 Å². The standard InChI is InChI=1S/C14H13BrO2/c1-17-14(16)12-10-6-7-11(13(12)15)9-5-3-2-4-8(9)10/h2-5,10-11H,6-7H2,1H3/t10-,11+/m0/s1. The van der Waals surface area contributed by atoms with E-state index in [1.807, 2.05) is 6.07 Å². The molecule has 2 bridgehead atoms. The van der Waals surface area contributed by atoms with Crippen LogP contribution in [0.1, 0.15) is 35.8 Å². The average molecular weight is 293 g/mol. The molecule has 0 amide bonds. The predicted octanol–water partition coefficient (Wildman–Crippen LogP) is 3.48. The molecule has 2 atom stereocenters. The topological polar surface area (TPSA) is 26.3 Å². The third-order valence-electron chi connectivity index (χ3n) is 3.81. The van der Waals surface area contributed by atoms with Crippen LogP contribution in [0.3, 0.4) is 0 Å². The van der Waals surface area contributed by atoms with Crippen molar-refractivity contribution >= 4 is 21.9 Å². The Morgan fingerprint density at radius 3 is 2.47 bits per heavy atom. The van der Waals surface area contributed by atoms with Gasteiger partial charge in [-0.3, -0.25) is 0 Å². The fourth-order valence-corrected chi connectivity index (χ4v) is 3.97. The van der Waals surface area contributed by atoms with Gasteiger partial charge in [0, 0.05) is 16.3 Å². The zero-order valence-corrected chi connectivity index (χ0v) is 11.2. The van der Waals surface area contributed by atoms with E-state index in [4.69, 9.17) is 4.74 Å². The highest BCUT2D eigenvalue weighted by Gasteiger charge is 2.41. The van der Waals surface area contributed by atoms with Gasteiger partial charge in [-0.15, -0.1) is 0 Å². The lowest BCUT2D eigenvalue weighted by Gasteiger charge is -2.39. The second-order valence-electron chi connectivity index (χ2n) is 4.56. The number of benzene rings is 1. The lowest BCUT2D eigenvalue weighted by molar-refractivity contribution is -0.136. The molecular weight excluding hydrogens is 280 g/mol. The van der Waals surface area contributed by atoms with Gasteiger partial charge in [-0.25, -0.2) is 4.79 Å². The zero-order valence-electron chi connectivity index (χ0n) is 9.57. The van der Waals surface area contributed by atoms with Crippen molar-refractivity contribution in [2.45, 2.75) is 24.7 Å². The number of carbonyl (C=O) groups is 1. The summed E-state index contributed by atoms with van der Waals surface area (Å²) in [4.78, 5) is 11.9. The second kappa shape index (κ2) is 3.98. The molecule has 3 heteroatoms. The third kappa shape index (κ3) is 1.48. The first kappa shape index (κ1) is 11.0. The SMILES string of the molecule is COC(=O)C1=C(Br)[C@@H]2CC[C@H]1c1ccccc12. The zero-order chi connectivity index (χ0) is 12.0. The molecule has 0 fully saturated rings. The van der Waals surface area contributed by atoms with E-state index in [-0.39, 0.29) is 11.9 Å². The van der Waals surface area contributed by atoms with Crippen LogP contribution in [0.15, 0.2) is 34.3 Å². The molecular formula is C14H13BrO2. The number of rotatable bonds is 1. The Kier molecular flexibility index (Phi) is 2.58. The highest BCUT2D eigenvalue weighted by Crippen LogP contribution is 2.54. The van der Waals surface area contributed by atoms with E-state index in [2.05, 4.69) is 34.1 Å². The van der Waals surface area contributed by atoms with Gasteiger partial charge in [0.25, 0.3) is 0 Å². The maximum absolute atomic E-state index is 11.9. The number of allylic oxidation sites excluding steroid dienone is 1. The van der Waals surface area contributed by atoms with E-state index >= 15 is 0 Å². The summed E-state index contributed by atoms with van der Waals surface area (Å²) in [6, 6.07) is 8.41. The van der Waals surface area contributed by atoms with Crippen LogP contribution < -0.4 is 0 Å². The van der Waals surface area contributed by atoms with Crippen molar-refractivity contribution in [3.63, 3.8) is 0 Å². The summed E-state index contributed by atoms with van der Waals surface area (Å²) >= 11 is 3.60. The summed E-state index contributed by atoms with van der Waals surface area (Å²) in [5, 5.41) is 0. The van der Waals surface area contributed by atoms with Gasteiger partial charge in [0.2, 0.25) is 0 Å². The van der Waals surface area contributed by atoms with Crippen molar-refractivity contribution in [3.05, 3.63) is 45.4 Å². The number of esters is 1. The van der Waals surface area contributed by atoms with Gasteiger partial charge in [0.15, 0.2) is 0 Å². The number of methoxy groups -OCH3 is 1. The maximum Gasteiger partial charge on any atom is 0.335 e. The summed E-state index contributed by atoms with van der Waals surface area (Å²) in [5.41, 5.74) is 3.48. The normalized spacial score (nSPS) is 25.8. The van der Waals surface area contributed by atoms with Crippen molar-refractivity contribution in [3.8, 4) is 0 Å². The van der Waals surface area contributed by atoms with Gasteiger partial charge < -0.3 is 4.74 Å². The molecule has 0 radical (unpaired) electrons. The summed E-state index contributed by atoms with van der Waals surface area (Å²) < 4.78 is 5.93. The van der Waals surface area contributed by atoms with Gasteiger partial charge in [-0.1, -0.05) is 40.2 Å². The molecule has 0 saturated heterocycles. The molecule has 4 rings (SSSR count). The van der Waals surface area contributed by atoms with E-state index in [9.17, 15) is 4.79 Å². The summed E-state index contributed by atoms with van der Waals surface area (Å²) in [5.74, 6) is 0.351. The van der Waals surface area contributed by atoms with Crippen LogP contribution in [-0.4, -0.2) is 13.1 Å². The van der Waals surface area contributed by atoms with Crippen LogP contribution in [0.2, 0.25) is 0 Å². The number of fused-ring (bicyclic) bond motifs is 1. The summed E-state index contributed by atoms with van der Waals surface area (Å²) in [7, 11) is 1.45. The molecule has 1 aromatic carbocycles. The maximum atomic E-state index is 11.9. The largest absolute Gasteiger partial charge is 0.466 e. The average Bonchev–Trinajstić information content (AvgIpc) is 2.39. The van der Waals surface area contributed by atoms with Crippen LogP contribution >= 0.6 is 15.9 Å². The van der Waals surface area contributed by atoms with Gasteiger partial charge >= 0.3 is 5.97 Å². The Bertz CT molecular complexity index is 519.